The third-order valence-electron chi connectivity index (χ3n) is 6.00. The van der Waals surface area contributed by atoms with Crippen LogP contribution >= 0.6 is 0 Å². The van der Waals surface area contributed by atoms with E-state index >= 15 is 0 Å². The molecule has 1 aromatic carbocycles. The zero-order chi connectivity index (χ0) is 21.1. The van der Waals surface area contributed by atoms with E-state index in [1.807, 2.05) is 0 Å². The van der Waals surface area contributed by atoms with Crippen molar-refractivity contribution in [1.82, 2.24) is 19.8 Å². The van der Waals surface area contributed by atoms with Gasteiger partial charge >= 0.3 is 0 Å². The molecule has 1 atom stereocenters. The zero-order valence-electron chi connectivity index (χ0n) is 17.1. The third-order valence-corrected chi connectivity index (χ3v) is 7.92. The molecule has 1 aliphatic heterocycles. The van der Waals surface area contributed by atoms with E-state index in [1.165, 1.54) is 4.31 Å². The summed E-state index contributed by atoms with van der Waals surface area (Å²) in [7, 11) is -2.14. The largest absolute Gasteiger partial charge is 0.497 e. The second-order valence-electron chi connectivity index (χ2n) is 7.97. The number of carbonyl (C=O) groups is 1. The van der Waals surface area contributed by atoms with E-state index in [4.69, 9.17) is 4.74 Å². The predicted molar refractivity (Wildman–Crippen MR) is 112 cm³/mol. The Bertz CT molecular complexity index is 981. The molecule has 0 radical (unpaired) electrons. The zero-order valence-corrected chi connectivity index (χ0v) is 18.0. The van der Waals surface area contributed by atoms with Crippen LogP contribution in [0.4, 0.5) is 0 Å². The molecule has 0 spiro atoms. The maximum absolute atomic E-state index is 13.3. The lowest BCUT2D eigenvalue weighted by atomic mass is 10.0. The number of sulfonamides is 1. The Hall–Kier alpha value is -2.39. The fourth-order valence-electron chi connectivity index (χ4n) is 4.34. The van der Waals surface area contributed by atoms with E-state index in [0.717, 1.165) is 38.5 Å². The number of carbonyl (C=O) groups excluding carboxylic acids is 1. The van der Waals surface area contributed by atoms with Crippen molar-refractivity contribution in [2.75, 3.05) is 13.7 Å². The number of benzene rings is 1. The molecule has 9 heteroatoms. The Morgan fingerprint density at radius 1 is 1.13 bits per heavy atom. The Balaban J connectivity index is 1.54. The van der Waals surface area contributed by atoms with Crippen molar-refractivity contribution < 1.29 is 17.9 Å². The summed E-state index contributed by atoms with van der Waals surface area (Å²) < 4.78 is 33.3. The molecule has 0 bridgehead atoms. The van der Waals surface area contributed by atoms with Gasteiger partial charge in [-0.25, -0.2) is 8.42 Å². The highest BCUT2D eigenvalue weighted by Crippen LogP contribution is 2.35. The van der Waals surface area contributed by atoms with Crippen molar-refractivity contribution in [2.45, 2.75) is 61.9 Å². The van der Waals surface area contributed by atoms with Gasteiger partial charge in [0, 0.05) is 12.6 Å². The SMILES string of the molecule is COc1ccc(S(=O)(=O)N2CCCC[C@@H]2c2cc(C(=O)NC3CCCC3)n[nH]2)cc1. The lowest BCUT2D eigenvalue weighted by Gasteiger charge is -2.34. The Labute approximate surface area is 177 Å². The highest BCUT2D eigenvalue weighted by Gasteiger charge is 2.35. The van der Waals surface area contributed by atoms with Gasteiger partial charge in [0.2, 0.25) is 10.0 Å². The number of aromatic amines is 1. The van der Waals surface area contributed by atoms with Crippen molar-refractivity contribution in [3.8, 4) is 5.75 Å². The molecular formula is C21H28N4O4S. The molecule has 2 fully saturated rings. The van der Waals surface area contributed by atoms with Gasteiger partial charge in [0.25, 0.3) is 5.91 Å². The number of piperidine rings is 1. The number of amides is 1. The Kier molecular flexibility index (Phi) is 6.10. The second-order valence-corrected chi connectivity index (χ2v) is 9.86. The summed E-state index contributed by atoms with van der Waals surface area (Å²) in [5, 5.41) is 10.1. The van der Waals surface area contributed by atoms with Gasteiger partial charge in [-0.3, -0.25) is 9.89 Å². The van der Waals surface area contributed by atoms with Crippen LogP contribution in [0.1, 0.15) is 67.2 Å². The molecule has 1 aromatic heterocycles. The maximum atomic E-state index is 13.3. The molecule has 0 unspecified atom stereocenters. The van der Waals surface area contributed by atoms with Gasteiger partial charge in [-0.1, -0.05) is 19.3 Å². The molecule has 30 heavy (non-hydrogen) atoms. The number of H-pyrrole nitrogens is 1. The van der Waals surface area contributed by atoms with Gasteiger partial charge in [-0.2, -0.15) is 9.40 Å². The standard InChI is InChI=1S/C21H28N4O4S/c1-29-16-9-11-17(12-10-16)30(27,28)25-13-5-4-8-20(25)18-14-19(24-23-18)21(26)22-15-6-2-3-7-15/h9-12,14-15,20H,2-8,13H2,1H3,(H,22,26)(H,23,24)/t20-/m1/s1. The first-order valence-corrected chi connectivity index (χ1v) is 11.9. The molecule has 1 saturated heterocycles. The van der Waals surface area contributed by atoms with E-state index in [2.05, 4.69) is 15.5 Å². The average Bonchev–Trinajstić information content (AvgIpc) is 3.46. The van der Waals surface area contributed by atoms with Crippen LogP contribution in [-0.2, 0) is 10.0 Å². The van der Waals surface area contributed by atoms with Crippen LogP contribution in [0.2, 0.25) is 0 Å². The first-order valence-electron chi connectivity index (χ1n) is 10.5. The average molecular weight is 433 g/mol. The van der Waals surface area contributed by atoms with Crippen LogP contribution < -0.4 is 10.1 Å². The van der Waals surface area contributed by atoms with Crippen LogP contribution in [-0.4, -0.2) is 48.5 Å². The lowest BCUT2D eigenvalue weighted by molar-refractivity contribution is 0.0932. The number of nitrogens with one attached hydrogen (secondary N) is 2. The summed E-state index contributed by atoms with van der Waals surface area (Å²) in [5.74, 6) is 0.403. The quantitative estimate of drug-likeness (QED) is 0.730. The second kappa shape index (κ2) is 8.77. The first-order chi connectivity index (χ1) is 14.5. The first kappa shape index (κ1) is 20.9. The van der Waals surface area contributed by atoms with Crippen molar-refractivity contribution in [3.63, 3.8) is 0 Å². The minimum atomic E-state index is -3.68. The fourth-order valence-corrected chi connectivity index (χ4v) is 6.01. The molecule has 2 aromatic rings. The molecule has 8 nitrogen and oxygen atoms in total. The molecule has 2 heterocycles. The number of rotatable bonds is 6. The van der Waals surface area contributed by atoms with Gasteiger partial charge in [0.1, 0.15) is 11.4 Å². The van der Waals surface area contributed by atoms with E-state index in [0.29, 0.717) is 30.1 Å². The van der Waals surface area contributed by atoms with Gasteiger partial charge in [-0.05, 0) is 56.0 Å². The summed E-state index contributed by atoms with van der Waals surface area (Å²) in [6, 6.07) is 7.95. The fraction of sp³-hybridized carbons (Fsp3) is 0.524. The molecule has 1 amide bonds. The van der Waals surface area contributed by atoms with Crippen molar-refractivity contribution in [3.05, 3.63) is 41.7 Å². The normalized spacial score (nSPS) is 20.9. The molecule has 1 aliphatic carbocycles. The van der Waals surface area contributed by atoms with Crippen molar-refractivity contribution in [2.24, 2.45) is 0 Å². The van der Waals surface area contributed by atoms with Crippen molar-refractivity contribution in [1.29, 1.82) is 0 Å². The highest BCUT2D eigenvalue weighted by molar-refractivity contribution is 7.89. The number of methoxy groups -OCH3 is 1. The minimum absolute atomic E-state index is 0.204. The maximum Gasteiger partial charge on any atom is 0.271 e. The number of nitrogens with zero attached hydrogens (tertiary/aromatic N) is 2. The molecule has 4 rings (SSSR count). The van der Waals surface area contributed by atoms with E-state index < -0.39 is 10.0 Å². The topological polar surface area (TPSA) is 104 Å². The van der Waals surface area contributed by atoms with Crippen LogP contribution in [0, 0.1) is 0 Å². The van der Waals surface area contributed by atoms with Crippen molar-refractivity contribution >= 4 is 15.9 Å². The monoisotopic (exact) mass is 432 g/mol. The Morgan fingerprint density at radius 3 is 2.53 bits per heavy atom. The van der Waals surface area contributed by atoms with Gasteiger partial charge in [0.15, 0.2) is 0 Å². The molecule has 2 N–H and O–H groups in total. The third kappa shape index (κ3) is 4.22. The lowest BCUT2D eigenvalue weighted by Crippen LogP contribution is -2.38. The molecule has 162 valence electrons. The highest BCUT2D eigenvalue weighted by atomic mass is 32.2. The summed E-state index contributed by atoms with van der Waals surface area (Å²) in [6.07, 6.45) is 6.67. The number of aromatic nitrogens is 2. The molecule has 1 saturated carbocycles. The molecule has 2 aliphatic rings. The van der Waals surface area contributed by atoms with Crippen LogP contribution in [0.15, 0.2) is 35.2 Å². The summed E-state index contributed by atoms with van der Waals surface area (Å²) in [6.45, 7) is 0.432. The number of hydrogen-bond acceptors (Lipinski definition) is 5. The van der Waals surface area contributed by atoms with Crippen LogP contribution in [0.5, 0.6) is 5.75 Å². The van der Waals surface area contributed by atoms with Gasteiger partial charge < -0.3 is 10.1 Å². The van der Waals surface area contributed by atoms with E-state index in [-0.39, 0.29) is 22.9 Å². The van der Waals surface area contributed by atoms with Gasteiger partial charge in [-0.15, -0.1) is 0 Å². The van der Waals surface area contributed by atoms with E-state index in [9.17, 15) is 13.2 Å². The summed E-state index contributed by atoms with van der Waals surface area (Å²) in [5.41, 5.74) is 0.965. The van der Waals surface area contributed by atoms with Crippen LogP contribution in [0.25, 0.3) is 0 Å². The predicted octanol–water partition coefficient (Wildman–Crippen LogP) is 3.01. The molecular weight excluding hydrogens is 404 g/mol. The van der Waals surface area contributed by atoms with E-state index in [1.54, 1.807) is 37.4 Å². The number of ether oxygens (including phenoxy) is 1. The smallest absolute Gasteiger partial charge is 0.271 e. The van der Waals surface area contributed by atoms with Crippen LogP contribution in [0.3, 0.4) is 0 Å². The number of hydrogen-bond donors (Lipinski definition) is 2. The minimum Gasteiger partial charge on any atom is -0.497 e. The summed E-state index contributed by atoms with van der Waals surface area (Å²) >= 11 is 0. The Morgan fingerprint density at radius 2 is 1.83 bits per heavy atom. The van der Waals surface area contributed by atoms with Gasteiger partial charge in [0.05, 0.1) is 23.7 Å². The summed E-state index contributed by atoms with van der Waals surface area (Å²) in [4.78, 5) is 12.8.